The van der Waals surface area contributed by atoms with Crippen LogP contribution in [0, 0.1) is 0 Å². The van der Waals surface area contributed by atoms with Crippen LogP contribution >= 0.6 is 0 Å². The quantitative estimate of drug-likeness (QED) is 0.482. The van der Waals surface area contributed by atoms with Gasteiger partial charge in [0.05, 0.1) is 18.6 Å². The topological polar surface area (TPSA) is 42.7 Å². The maximum Gasteiger partial charge on any atom is 0.0966 e. The van der Waals surface area contributed by atoms with Gasteiger partial charge >= 0.3 is 0 Å². The summed E-state index contributed by atoms with van der Waals surface area (Å²) >= 11 is 0. The molecule has 4 heteroatoms. The third-order valence-corrected chi connectivity index (χ3v) is 1.17. The van der Waals surface area contributed by atoms with E-state index in [9.17, 15) is 0 Å². The van der Waals surface area contributed by atoms with Gasteiger partial charge in [0, 0.05) is 6.54 Å². The molecule has 0 radical (unpaired) electrons. The summed E-state index contributed by atoms with van der Waals surface area (Å²) in [5.41, 5.74) is 1.02. The molecule has 0 atom stereocenters. The fourth-order valence-electron chi connectivity index (χ4n) is 0.795. The van der Waals surface area contributed by atoms with Crippen molar-refractivity contribution < 1.29 is 0 Å². The molecular weight excluding hydrogens is 104 g/mol. The normalized spacial score (nSPS) is 16.5. The Morgan fingerprint density at radius 1 is 1.75 bits per heavy atom. The number of hydrogen-bond acceptors (Lipinski definition) is 3. The molecule has 1 aliphatic rings. The maximum absolute atomic E-state index is 3.85. The van der Waals surface area contributed by atoms with Crippen LogP contribution in [0.4, 0.5) is 0 Å². The smallest absolute Gasteiger partial charge is 0.0966 e. The van der Waals surface area contributed by atoms with Gasteiger partial charge in [-0.2, -0.15) is 0 Å². The zero-order valence-electron chi connectivity index (χ0n) is 4.33. The fourth-order valence-corrected chi connectivity index (χ4v) is 0.795. The average Bonchev–Trinajstić information content (AvgIpc) is 2.12. The van der Waals surface area contributed by atoms with Crippen molar-refractivity contribution in [1.82, 2.24) is 20.3 Å². The largest absolute Gasteiger partial charge is 0.292 e. The van der Waals surface area contributed by atoms with Crippen LogP contribution in [0.1, 0.15) is 5.69 Å². The van der Waals surface area contributed by atoms with E-state index in [1.54, 1.807) is 4.68 Å². The Bertz CT molecular complexity index is 173. The third-order valence-electron chi connectivity index (χ3n) is 1.17. The summed E-state index contributed by atoms with van der Waals surface area (Å²) in [5, 5.41) is 10.8. The molecule has 2 bridgehead atoms. The summed E-state index contributed by atoms with van der Waals surface area (Å²) in [7, 11) is 0. The minimum atomic E-state index is 0.799. The first-order valence-corrected chi connectivity index (χ1v) is 2.55. The summed E-state index contributed by atoms with van der Waals surface area (Å²) in [6, 6.07) is 0. The van der Waals surface area contributed by atoms with E-state index in [-0.39, 0.29) is 0 Å². The standard InChI is InChI=1S/C4H6N4/c1-4-2-8(3-5-1)7-6-4/h2,5H,1,3H2. The number of fused-ring (bicyclic) bond motifs is 2. The monoisotopic (exact) mass is 110 g/mol. The first-order valence-electron chi connectivity index (χ1n) is 2.55. The van der Waals surface area contributed by atoms with Gasteiger partial charge in [-0.25, -0.2) is 4.68 Å². The second-order valence-corrected chi connectivity index (χ2v) is 1.83. The number of nitrogens with one attached hydrogen (secondary N) is 1. The number of nitrogens with zero attached hydrogens (tertiary/aromatic N) is 3. The van der Waals surface area contributed by atoms with Crippen LogP contribution in [0.25, 0.3) is 0 Å². The van der Waals surface area contributed by atoms with E-state index in [0.717, 1.165) is 18.9 Å². The second kappa shape index (κ2) is 1.29. The van der Waals surface area contributed by atoms with Crippen molar-refractivity contribution in [2.24, 2.45) is 0 Å². The molecule has 0 aliphatic carbocycles. The lowest BCUT2D eigenvalue weighted by atomic mass is 10.4. The van der Waals surface area contributed by atoms with Crippen molar-refractivity contribution in [3.63, 3.8) is 0 Å². The molecular formula is C4H6N4. The van der Waals surface area contributed by atoms with Gasteiger partial charge in [0.1, 0.15) is 0 Å². The summed E-state index contributed by atoms with van der Waals surface area (Å²) in [5.74, 6) is 0. The highest BCUT2D eigenvalue weighted by atomic mass is 15.5. The van der Waals surface area contributed by atoms with Crippen LogP contribution in [0.15, 0.2) is 6.20 Å². The Morgan fingerprint density at radius 3 is 3.50 bits per heavy atom. The Hall–Kier alpha value is -0.900. The highest BCUT2D eigenvalue weighted by Crippen LogP contribution is 1.95. The lowest BCUT2D eigenvalue weighted by Crippen LogP contribution is -2.20. The average molecular weight is 110 g/mol. The Morgan fingerprint density at radius 2 is 2.75 bits per heavy atom. The first kappa shape index (κ1) is 4.03. The number of hydrogen-bond donors (Lipinski definition) is 1. The van der Waals surface area contributed by atoms with E-state index >= 15 is 0 Å². The van der Waals surface area contributed by atoms with Crippen LogP contribution in [-0.2, 0) is 13.2 Å². The molecule has 1 aliphatic heterocycles. The lowest BCUT2D eigenvalue weighted by molar-refractivity contribution is 0.495. The van der Waals surface area contributed by atoms with Crippen LogP contribution in [0.3, 0.4) is 0 Å². The predicted octanol–water partition coefficient (Wildman–Crippen LogP) is -0.661. The Kier molecular flexibility index (Phi) is 0.648. The molecule has 2 heterocycles. The van der Waals surface area contributed by atoms with Crippen molar-refractivity contribution >= 4 is 0 Å². The van der Waals surface area contributed by atoms with Gasteiger partial charge in [-0.15, -0.1) is 5.10 Å². The molecule has 0 aromatic carbocycles. The van der Waals surface area contributed by atoms with E-state index in [2.05, 4.69) is 15.6 Å². The van der Waals surface area contributed by atoms with Gasteiger partial charge in [0.25, 0.3) is 0 Å². The van der Waals surface area contributed by atoms with E-state index < -0.39 is 0 Å². The molecule has 0 spiro atoms. The molecule has 2 rings (SSSR count). The highest BCUT2D eigenvalue weighted by Gasteiger charge is 2.04. The molecule has 42 valence electrons. The van der Waals surface area contributed by atoms with E-state index in [4.69, 9.17) is 0 Å². The van der Waals surface area contributed by atoms with E-state index in [1.807, 2.05) is 6.20 Å². The number of rotatable bonds is 0. The molecule has 0 unspecified atom stereocenters. The Balaban J connectivity index is 2.53. The van der Waals surface area contributed by atoms with Crippen LogP contribution in [0.5, 0.6) is 0 Å². The minimum absolute atomic E-state index is 0.799. The molecule has 1 aromatic heterocycles. The fraction of sp³-hybridized carbons (Fsp3) is 0.500. The summed E-state index contributed by atoms with van der Waals surface area (Å²) in [6.45, 7) is 1.66. The van der Waals surface area contributed by atoms with Gasteiger partial charge in [0.2, 0.25) is 0 Å². The molecule has 1 aromatic rings. The predicted molar refractivity (Wildman–Crippen MR) is 26.9 cm³/mol. The maximum atomic E-state index is 3.85. The van der Waals surface area contributed by atoms with Crippen molar-refractivity contribution in [3.8, 4) is 0 Å². The molecule has 0 amide bonds. The summed E-state index contributed by atoms with van der Waals surface area (Å²) in [4.78, 5) is 0. The molecule has 4 nitrogen and oxygen atoms in total. The molecule has 8 heavy (non-hydrogen) atoms. The van der Waals surface area contributed by atoms with E-state index in [1.165, 1.54) is 0 Å². The second-order valence-electron chi connectivity index (χ2n) is 1.83. The van der Waals surface area contributed by atoms with Gasteiger partial charge in [-0.05, 0) is 0 Å². The molecule has 0 saturated heterocycles. The van der Waals surface area contributed by atoms with Gasteiger partial charge in [-0.1, -0.05) is 5.21 Å². The van der Waals surface area contributed by atoms with Crippen LogP contribution in [0.2, 0.25) is 0 Å². The van der Waals surface area contributed by atoms with Crippen molar-refractivity contribution in [3.05, 3.63) is 11.9 Å². The Labute approximate surface area is 46.5 Å². The van der Waals surface area contributed by atoms with E-state index in [0.29, 0.717) is 0 Å². The van der Waals surface area contributed by atoms with Gasteiger partial charge < -0.3 is 0 Å². The van der Waals surface area contributed by atoms with Crippen molar-refractivity contribution in [1.29, 1.82) is 0 Å². The number of aromatic nitrogens is 3. The first-order chi connectivity index (χ1) is 3.95. The molecule has 0 saturated carbocycles. The lowest BCUT2D eigenvalue weighted by Gasteiger charge is -2.03. The van der Waals surface area contributed by atoms with Crippen LogP contribution in [-0.4, -0.2) is 15.0 Å². The highest BCUT2D eigenvalue weighted by molar-refractivity contribution is 4.93. The molecule has 0 fully saturated rings. The zero-order valence-corrected chi connectivity index (χ0v) is 4.33. The van der Waals surface area contributed by atoms with Gasteiger partial charge in [0.15, 0.2) is 0 Å². The summed E-state index contributed by atoms with van der Waals surface area (Å²) < 4.78 is 1.78. The van der Waals surface area contributed by atoms with Crippen molar-refractivity contribution in [2.75, 3.05) is 0 Å². The summed E-state index contributed by atoms with van der Waals surface area (Å²) in [6.07, 6.45) is 1.94. The minimum Gasteiger partial charge on any atom is -0.292 e. The SMILES string of the molecule is c1c2nnn1CNC2. The van der Waals surface area contributed by atoms with Gasteiger partial charge in [-0.3, -0.25) is 5.32 Å². The zero-order chi connectivity index (χ0) is 5.40. The molecule has 1 N–H and O–H groups in total. The van der Waals surface area contributed by atoms with Crippen molar-refractivity contribution in [2.45, 2.75) is 13.2 Å². The third kappa shape index (κ3) is 0.431. The van der Waals surface area contributed by atoms with Crippen LogP contribution < -0.4 is 5.32 Å².